The van der Waals surface area contributed by atoms with Crippen molar-refractivity contribution in [3.8, 4) is 6.07 Å². The highest BCUT2D eigenvalue weighted by Crippen LogP contribution is 2.29. The molecule has 18 heavy (non-hydrogen) atoms. The van der Waals surface area contributed by atoms with Gasteiger partial charge >= 0.3 is 0 Å². The lowest BCUT2D eigenvalue weighted by molar-refractivity contribution is -0.136. The minimum absolute atomic E-state index is 0.0524. The molecule has 3 nitrogen and oxygen atoms in total. The van der Waals surface area contributed by atoms with Gasteiger partial charge in [-0.1, -0.05) is 30.3 Å². The number of amides is 1. The van der Waals surface area contributed by atoms with Crippen molar-refractivity contribution in [2.24, 2.45) is 5.41 Å². The molecule has 1 atom stereocenters. The summed E-state index contributed by atoms with van der Waals surface area (Å²) in [5.41, 5.74) is 0.369. The Morgan fingerprint density at radius 3 is 2.67 bits per heavy atom. The molecule has 0 bridgehead atoms. The van der Waals surface area contributed by atoms with Crippen LogP contribution in [0, 0.1) is 16.7 Å². The van der Waals surface area contributed by atoms with Crippen LogP contribution >= 0.6 is 0 Å². The van der Waals surface area contributed by atoms with Crippen molar-refractivity contribution >= 4 is 5.91 Å². The zero-order valence-electron chi connectivity index (χ0n) is 10.9. The summed E-state index contributed by atoms with van der Waals surface area (Å²) in [6.45, 7) is 4.85. The lowest BCUT2D eigenvalue weighted by Crippen LogP contribution is -2.38. The Balaban J connectivity index is 2.06. The maximum atomic E-state index is 12.2. The third-order valence-corrected chi connectivity index (χ3v) is 3.56. The summed E-state index contributed by atoms with van der Waals surface area (Å²) < 4.78 is 0. The minimum atomic E-state index is -0.911. The fourth-order valence-corrected chi connectivity index (χ4v) is 2.39. The first-order valence-corrected chi connectivity index (χ1v) is 6.30. The quantitative estimate of drug-likeness (QED) is 0.800. The number of hydrogen-bond acceptors (Lipinski definition) is 2. The van der Waals surface area contributed by atoms with Crippen molar-refractivity contribution in [3.05, 3.63) is 35.9 Å². The predicted molar refractivity (Wildman–Crippen MR) is 69.8 cm³/mol. The van der Waals surface area contributed by atoms with Crippen molar-refractivity contribution in [1.82, 2.24) is 4.90 Å². The van der Waals surface area contributed by atoms with E-state index in [4.69, 9.17) is 5.26 Å². The fraction of sp³-hybridized carbons (Fsp3) is 0.467. The Kier molecular flexibility index (Phi) is 3.38. The number of carbonyl (C=O) groups excluding carboxylic acids is 1. The van der Waals surface area contributed by atoms with E-state index >= 15 is 0 Å². The Morgan fingerprint density at radius 2 is 2.06 bits per heavy atom. The first-order valence-electron chi connectivity index (χ1n) is 6.30. The summed E-state index contributed by atoms with van der Waals surface area (Å²) in [4.78, 5) is 14.0. The lowest BCUT2D eigenvalue weighted by atomic mass is 9.94. The van der Waals surface area contributed by atoms with Crippen LogP contribution in [-0.2, 0) is 4.79 Å². The molecular formula is C15H18N2O. The molecule has 1 unspecified atom stereocenters. The van der Waals surface area contributed by atoms with Gasteiger partial charge in [-0.3, -0.25) is 4.79 Å². The van der Waals surface area contributed by atoms with E-state index in [0.29, 0.717) is 5.92 Å². The third-order valence-electron chi connectivity index (χ3n) is 3.56. The Hall–Kier alpha value is -1.82. The molecule has 0 spiro atoms. The lowest BCUT2D eigenvalue weighted by Gasteiger charge is -2.23. The topological polar surface area (TPSA) is 44.1 Å². The number of nitriles is 1. The highest BCUT2D eigenvalue weighted by molar-refractivity contribution is 5.84. The van der Waals surface area contributed by atoms with Crippen LogP contribution in [0.1, 0.15) is 31.7 Å². The SMILES string of the molecule is CC(C)(C#N)C(=O)N1CCC(c2ccccc2)C1. The zero-order valence-corrected chi connectivity index (χ0v) is 10.9. The second-order valence-electron chi connectivity index (χ2n) is 5.38. The molecule has 1 amide bonds. The van der Waals surface area contributed by atoms with E-state index in [2.05, 4.69) is 18.2 Å². The molecule has 1 aromatic carbocycles. The van der Waals surface area contributed by atoms with Crippen LogP contribution in [0.4, 0.5) is 0 Å². The van der Waals surface area contributed by atoms with Gasteiger partial charge in [0.1, 0.15) is 5.41 Å². The van der Waals surface area contributed by atoms with E-state index in [0.717, 1.165) is 19.5 Å². The maximum Gasteiger partial charge on any atom is 0.242 e. The Labute approximate surface area is 108 Å². The Bertz CT molecular complexity index is 473. The average Bonchev–Trinajstić information content (AvgIpc) is 2.88. The average molecular weight is 242 g/mol. The summed E-state index contributed by atoms with van der Waals surface area (Å²) in [7, 11) is 0. The molecule has 0 saturated carbocycles. The van der Waals surface area contributed by atoms with Crippen molar-refractivity contribution in [2.75, 3.05) is 13.1 Å². The van der Waals surface area contributed by atoms with Gasteiger partial charge in [0, 0.05) is 19.0 Å². The first-order chi connectivity index (χ1) is 8.54. The Morgan fingerprint density at radius 1 is 1.39 bits per heavy atom. The highest BCUT2D eigenvalue weighted by atomic mass is 16.2. The molecule has 94 valence electrons. The first kappa shape index (κ1) is 12.6. The van der Waals surface area contributed by atoms with Gasteiger partial charge in [-0.2, -0.15) is 5.26 Å². The molecule has 2 rings (SSSR count). The van der Waals surface area contributed by atoms with Crippen LogP contribution in [-0.4, -0.2) is 23.9 Å². The molecule has 1 fully saturated rings. The molecule has 1 aliphatic rings. The molecule has 0 radical (unpaired) electrons. The number of carbonyl (C=O) groups is 1. The number of nitrogens with zero attached hydrogens (tertiary/aromatic N) is 2. The van der Waals surface area contributed by atoms with Crippen LogP contribution in [0.2, 0.25) is 0 Å². The molecule has 1 aromatic rings. The van der Waals surface area contributed by atoms with Crippen LogP contribution in [0.25, 0.3) is 0 Å². The summed E-state index contributed by atoms with van der Waals surface area (Å²) in [5, 5.41) is 9.01. The van der Waals surface area contributed by atoms with E-state index in [1.807, 2.05) is 23.1 Å². The van der Waals surface area contributed by atoms with Gasteiger partial charge in [-0.05, 0) is 25.8 Å². The molecule has 0 aromatic heterocycles. The molecule has 0 N–H and O–H groups in total. The third kappa shape index (κ3) is 2.38. The standard InChI is InChI=1S/C15H18N2O/c1-15(2,11-16)14(18)17-9-8-13(10-17)12-6-4-3-5-7-12/h3-7,13H,8-10H2,1-2H3. The molecule has 0 aliphatic carbocycles. The van der Waals surface area contributed by atoms with Gasteiger partial charge in [0.25, 0.3) is 0 Å². The van der Waals surface area contributed by atoms with Crippen molar-refractivity contribution in [3.63, 3.8) is 0 Å². The maximum absolute atomic E-state index is 12.2. The van der Waals surface area contributed by atoms with E-state index in [-0.39, 0.29) is 5.91 Å². The highest BCUT2D eigenvalue weighted by Gasteiger charge is 2.36. The molecule has 1 heterocycles. The molecular weight excluding hydrogens is 224 g/mol. The smallest absolute Gasteiger partial charge is 0.242 e. The molecule has 1 aliphatic heterocycles. The number of hydrogen-bond donors (Lipinski definition) is 0. The van der Waals surface area contributed by atoms with Gasteiger partial charge in [0.2, 0.25) is 5.91 Å². The number of rotatable bonds is 2. The number of benzene rings is 1. The van der Waals surface area contributed by atoms with Gasteiger partial charge in [0.05, 0.1) is 6.07 Å². The van der Waals surface area contributed by atoms with Gasteiger partial charge < -0.3 is 4.90 Å². The van der Waals surface area contributed by atoms with Crippen LogP contribution < -0.4 is 0 Å². The van der Waals surface area contributed by atoms with E-state index in [1.165, 1.54) is 5.56 Å². The fourth-order valence-electron chi connectivity index (χ4n) is 2.39. The number of likely N-dealkylation sites (tertiary alicyclic amines) is 1. The molecule has 3 heteroatoms. The zero-order chi connectivity index (χ0) is 13.2. The van der Waals surface area contributed by atoms with Crippen LogP contribution in [0.3, 0.4) is 0 Å². The summed E-state index contributed by atoms with van der Waals surface area (Å²) in [6.07, 6.45) is 0.983. The van der Waals surface area contributed by atoms with Crippen molar-refractivity contribution in [1.29, 1.82) is 5.26 Å². The van der Waals surface area contributed by atoms with Gasteiger partial charge in [0.15, 0.2) is 0 Å². The second-order valence-corrected chi connectivity index (χ2v) is 5.38. The monoisotopic (exact) mass is 242 g/mol. The van der Waals surface area contributed by atoms with Crippen LogP contribution in [0.15, 0.2) is 30.3 Å². The van der Waals surface area contributed by atoms with E-state index in [9.17, 15) is 4.79 Å². The predicted octanol–water partition coefficient (Wildman–Crippen LogP) is 2.55. The van der Waals surface area contributed by atoms with Gasteiger partial charge in [-0.15, -0.1) is 0 Å². The summed E-state index contributed by atoms with van der Waals surface area (Å²) in [5.74, 6) is 0.355. The second kappa shape index (κ2) is 4.81. The minimum Gasteiger partial charge on any atom is -0.341 e. The largest absolute Gasteiger partial charge is 0.341 e. The van der Waals surface area contributed by atoms with Gasteiger partial charge in [-0.25, -0.2) is 0 Å². The van der Waals surface area contributed by atoms with Crippen LogP contribution in [0.5, 0.6) is 0 Å². The summed E-state index contributed by atoms with van der Waals surface area (Å²) >= 11 is 0. The van der Waals surface area contributed by atoms with E-state index < -0.39 is 5.41 Å². The van der Waals surface area contributed by atoms with E-state index in [1.54, 1.807) is 13.8 Å². The van der Waals surface area contributed by atoms with Crippen molar-refractivity contribution in [2.45, 2.75) is 26.2 Å². The van der Waals surface area contributed by atoms with Crippen molar-refractivity contribution < 1.29 is 4.79 Å². The normalized spacial score (nSPS) is 19.6. The summed E-state index contributed by atoms with van der Waals surface area (Å²) in [6, 6.07) is 12.3. The molecule has 1 saturated heterocycles.